The van der Waals surface area contributed by atoms with Gasteiger partial charge in [0.1, 0.15) is 10.8 Å². The number of aromatic nitrogens is 1. The van der Waals surface area contributed by atoms with E-state index in [2.05, 4.69) is 4.98 Å². The van der Waals surface area contributed by atoms with Gasteiger partial charge in [0.25, 0.3) is 0 Å². The summed E-state index contributed by atoms with van der Waals surface area (Å²) in [5, 5.41) is 0. The van der Waals surface area contributed by atoms with Gasteiger partial charge in [0.05, 0.1) is 5.69 Å². The highest BCUT2D eigenvalue weighted by Gasteiger charge is 2.01. The summed E-state index contributed by atoms with van der Waals surface area (Å²) in [6.07, 6.45) is 1.68. The average Bonchev–Trinajstić information content (AvgIpc) is 2.38. The summed E-state index contributed by atoms with van der Waals surface area (Å²) < 4.78 is 12.7. The van der Waals surface area contributed by atoms with E-state index < -0.39 is 0 Å². The molecular formula is C13H11FN2S2. The Kier molecular flexibility index (Phi) is 4.28. The van der Waals surface area contributed by atoms with Crippen molar-refractivity contribution in [2.45, 2.75) is 10.6 Å². The van der Waals surface area contributed by atoms with E-state index >= 15 is 0 Å². The lowest BCUT2D eigenvalue weighted by Crippen LogP contribution is -2.11. The molecule has 0 bridgehead atoms. The molecule has 1 aromatic carbocycles. The lowest BCUT2D eigenvalue weighted by molar-refractivity contribution is 0.627. The first-order chi connectivity index (χ1) is 8.65. The molecule has 0 fully saturated rings. The van der Waals surface area contributed by atoms with Gasteiger partial charge in [-0.2, -0.15) is 0 Å². The molecule has 2 N–H and O–H groups in total. The highest BCUT2D eigenvalue weighted by Crippen LogP contribution is 2.22. The van der Waals surface area contributed by atoms with Gasteiger partial charge in [-0.3, -0.25) is 4.98 Å². The number of thioether (sulfide) groups is 1. The van der Waals surface area contributed by atoms with Crippen LogP contribution in [-0.2, 0) is 5.75 Å². The second-order valence-corrected chi connectivity index (χ2v) is 5.14. The van der Waals surface area contributed by atoms with Gasteiger partial charge in [-0.15, -0.1) is 11.8 Å². The van der Waals surface area contributed by atoms with E-state index in [0.29, 0.717) is 10.7 Å². The fourth-order valence-corrected chi connectivity index (χ4v) is 2.37. The lowest BCUT2D eigenvalue weighted by atomic mass is 10.2. The van der Waals surface area contributed by atoms with Gasteiger partial charge < -0.3 is 5.73 Å². The third-order valence-corrected chi connectivity index (χ3v) is 3.58. The quantitative estimate of drug-likeness (QED) is 0.689. The summed E-state index contributed by atoms with van der Waals surface area (Å²) in [7, 11) is 0. The van der Waals surface area contributed by atoms with Crippen molar-refractivity contribution in [3.8, 4) is 0 Å². The summed E-state index contributed by atoms with van der Waals surface area (Å²) in [6, 6.07) is 10.2. The zero-order chi connectivity index (χ0) is 13.0. The number of rotatable bonds is 4. The van der Waals surface area contributed by atoms with E-state index in [9.17, 15) is 4.39 Å². The van der Waals surface area contributed by atoms with Crippen molar-refractivity contribution >= 4 is 29.0 Å². The Morgan fingerprint density at radius 2 is 2.00 bits per heavy atom. The number of halogens is 1. The van der Waals surface area contributed by atoms with Crippen molar-refractivity contribution in [1.82, 2.24) is 4.98 Å². The van der Waals surface area contributed by atoms with E-state index in [4.69, 9.17) is 18.0 Å². The molecule has 5 heteroatoms. The van der Waals surface area contributed by atoms with Crippen LogP contribution in [0.25, 0.3) is 0 Å². The molecule has 0 saturated carbocycles. The Balaban J connectivity index is 2.04. The van der Waals surface area contributed by atoms with Gasteiger partial charge in [-0.05, 0) is 29.8 Å². The first-order valence-electron chi connectivity index (χ1n) is 5.28. The number of hydrogen-bond donors (Lipinski definition) is 1. The fraction of sp³-hybridized carbons (Fsp3) is 0.0769. The van der Waals surface area contributed by atoms with Crippen LogP contribution in [0, 0.1) is 5.82 Å². The normalized spacial score (nSPS) is 10.3. The molecule has 0 amide bonds. The Bertz CT molecular complexity index is 555. The molecule has 2 nitrogen and oxygen atoms in total. The number of thiocarbonyl (C=S) groups is 1. The molecule has 0 spiro atoms. The van der Waals surface area contributed by atoms with Crippen LogP contribution in [0.4, 0.5) is 4.39 Å². The fourth-order valence-electron chi connectivity index (χ4n) is 1.38. The van der Waals surface area contributed by atoms with Gasteiger partial charge >= 0.3 is 0 Å². The first kappa shape index (κ1) is 13.0. The van der Waals surface area contributed by atoms with Crippen molar-refractivity contribution in [1.29, 1.82) is 0 Å². The minimum atomic E-state index is -0.219. The summed E-state index contributed by atoms with van der Waals surface area (Å²) >= 11 is 6.51. The van der Waals surface area contributed by atoms with E-state index in [1.807, 2.05) is 12.1 Å². The third-order valence-electron chi connectivity index (χ3n) is 2.30. The van der Waals surface area contributed by atoms with Crippen molar-refractivity contribution in [2.24, 2.45) is 5.73 Å². The maximum absolute atomic E-state index is 12.7. The van der Waals surface area contributed by atoms with Crippen LogP contribution in [0.3, 0.4) is 0 Å². The summed E-state index contributed by atoms with van der Waals surface area (Å²) in [6.45, 7) is 0. The second kappa shape index (κ2) is 5.93. The Hall–Kier alpha value is -1.46. The molecule has 2 aromatic rings. The van der Waals surface area contributed by atoms with Gasteiger partial charge in [-0.1, -0.05) is 24.4 Å². The van der Waals surface area contributed by atoms with Crippen LogP contribution in [0.5, 0.6) is 0 Å². The molecule has 0 radical (unpaired) electrons. The number of hydrogen-bond acceptors (Lipinski definition) is 3. The summed E-state index contributed by atoms with van der Waals surface area (Å²) in [5.74, 6) is 0.546. The lowest BCUT2D eigenvalue weighted by Gasteiger charge is -2.03. The van der Waals surface area contributed by atoms with Crippen molar-refractivity contribution in [3.63, 3.8) is 0 Å². The van der Waals surface area contributed by atoms with Crippen molar-refractivity contribution < 1.29 is 4.39 Å². The Morgan fingerprint density at radius 1 is 1.28 bits per heavy atom. The van der Waals surface area contributed by atoms with Gasteiger partial charge in [0.15, 0.2) is 0 Å². The first-order valence-corrected chi connectivity index (χ1v) is 6.67. The minimum absolute atomic E-state index is 0.219. The predicted molar refractivity (Wildman–Crippen MR) is 76.1 cm³/mol. The monoisotopic (exact) mass is 278 g/mol. The van der Waals surface area contributed by atoms with E-state index in [1.54, 1.807) is 30.1 Å². The Morgan fingerprint density at radius 3 is 2.67 bits per heavy atom. The van der Waals surface area contributed by atoms with Crippen LogP contribution < -0.4 is 5.73 Å². The van der Waals surface area contributed by atoms with Crippen molar-refractivity contribution in [3.05, 3.63) is 59.7 Å². The average molecular weight is 278 g/mol. The van der Waals surface area contributed by atoms with E-state index in [0.717, 1.165) is 16.2 Å². The summed E-state index contributed by atoms with van der Waals surface area (Å²) in [5.41, 5.74) is 7.21. The maximum atomic E-state index is 12.7. The van der Waals surface area contributed by atoms with Gasteiger partial charge in [0.2, 0.25) is 0 Å². The van der Waals surface area contributed by atoms with Crippen LogP contribution in [0.15, 0.2) is 47.5 Å². The summed E-state index contributed by atoms with van der Waals surface area (Å²) in [4.78, 5) is 5.41. The molecule has 0 aliphatic carbocycles. The zero-order valence-electron chi connectivity index (χ0n) is 9.47. The number of nitrogens with two attached hydrogens (primary N) is 1. The highest BCUT2D eigenvalue weighted by molar-refractivity contribution is 7.98. The molecule has 0 saturated heterocycles. The SMILES string of the molecule is NC(=S)c1cc(SCc2ccc(F)cc2)ccn1. The zero-order valence-corrected chi connectivity index (χ0v) is 11.1. The molecule has 92 valence electrons. The smallest absolute Gasteiger partial charge is 0.123 e. The third kappa shape index (κ3) is 3.51. The Labute approximate surface area is 114 Å². The van der Waals surface area contributed by atoms with E-state index in [-0.39, 0.29) is 5.82 Å². The van der Waals surface area contributed by atoms with Gasteiger partial charge in [-0.25, -0.2) is 4.39 Å². The molecule has 0 atom stereocenters. The largest absolute Gasteiger partial charge is 0.388 e. The highest BCUT2D eigenvalue weighted by atomic mass is 32.2. The predicted octanol–water partition coefficient (Wildman–Crippen LogP) is 3.15. The van der Waals surface area contributed by atoms with E-state index in [1.165, 1.54) is 12.1 Å². The van der Waals surface area contributed by atoms with Crippen LogP contribution in [0.1, 0.15) is 11.3 Å². The van der Waals surface area contributed by atoms with Crippen LogP contribution in [-0.4, -0.2) is 9.97 Å². The number of benzene rings is 1. The molecule has 0 aliphatic rings. The maximum Gasteiger partial charge on any atom is 0.123 e. The topological polar surface area (TPSA) is 38.9 Å². The molecule has 1 aromatic heterocycles. The second-order valence-electron chi connectivity index (χ2n) is 3.66. The van der Waals surface area contributed by atoms with Gasteiger partial charge in [0, 0.05) is 16.8 Å². The van der Waals surface area contributed by atoms with Crippen LogP contribution in [0.2, 0.25) is 0 Å². The number of pyridine rings is 1. The molecule has 0 unspecified atom stereocenters. The standard InChI is InChI=1S/C13H11FN2S2/c14-10-3-1-9(2-4-10)8-18-11-5-6-16-12(7-11)13(15)17/h1-7H,8H2,(H2,15,17). The molecule has 1 heterocycles. The molecule has 18 heavy (non-hydrogen) atoms. The minimum Gasteiger partial charge on any atom is -0.388 e. The molecular weight excluding hydrogens is 267 g/mol. The molecule has 0 aliphatic heterocycles. The molecule has 2 rings (SSSR count). The number of nitrogens with zero attached hydrogens (tertiary/aromatic N) is 1. The van der Waals surface area contributed by atoms with Crippen molar-refractivity contribution in [2.75, 3.05) is 0 Å². The van der Waals surface area contributed by atoms with Crippen LogP contribution >= 0.6 is 24.0 Å².